The summed E-state index contributed by atoms with van der Waals surface area (Å²) < 4.78 is 27.2. The van der Waals surface area contributed by atoms with Gasteiger partial charge in [0, 0.05) is 86.0 Å². The Bertz CT molecular complexity index is 3330. The maximum absolute atomic E-state index is 12.7. The third-order valence-corrected chi connectivity index (χ3v) is 14.6. The number of ether oxygens (including phenoxy) is 4. The van der Waals surface area contributed by atoms with E-state index in [1.54, 1.807) is 9.58 Å². The van der Waals surface area contributed by atoms with Crippen molar-refractivity contribution in [1.82, 2.24) is 39.7 Å². The van der Waals surface area contributed by atoms with Gasteiger partial charge in [0.1, 0.15) is 30.1 Å². The summed E-state index contributed by atoms with van der Waals surface area (Å²) in [6.45, 7) is 17.5. The van der Waals surface area contributed by atoms with Crippen LogP contribution in [0, 0.1) is 0 Å². The lowest BCUT2D eigenvalue weighted by molar-refractivity contribution is -0.134. The van der Waals surface area contributed by atoms with Gasteiger partial charge in [-0.1, -0.05) is 60.7 Å². The highest BCUT2D eigenvalue weighted by molar-refractivity contribution is 6.02. The van der Waals surface area contributed by atoms with Crippen molar-refractivity contribution in [2.24, 2.45) is 14.1 Å². The summed E-state index contributed by atoms with van der Waals surface area (Å²) in [5.74, 6) is 0.0315. The quantitative estimate of drug-likeness (QED) is 0.0979. The second-order valence-corrected chi connectivity index (χ2v) is 23.3. The number of carbonyl (C=O) groups is 4. The van der Waals surface area contributed by atoms with Gasteiger partial charge in [0.15, 0.2) is 0 Å². The number of nitrogens with zero attached hydrogens (tertiary/aromatic N) is 7. The molecule has 7 aromatic rings. The van der Waals surface area contributed by atoms with Gasteiger partial charge in [-0.3, -0.25) is 24.3 Å². The van der Waals surface area contributed by atoms with Crippen molar-refractivity contribution in [3.63, 3.8) is 0 Å². The predicted molar refractivity (Wildman–Crippen MR) is 309 cm³/mol. The molecule has 4 aromatic carbocycles. The molecule has 0 spiro atoms. The Morgan fingerprint density at radius 1 is 0.637 bits per heavy atom. The van der Waals surface area contributed by atoms with Crippen molar-refractivity contribution in [2.75, 3.05) is 23.7 Å². The van der Waals surface area contributed by atoms with Crippen LogP contribution in [0.3, 0.4) is 0 Å². The smallest absolute Gasteiger partial charge is 0.410 e. The van der Waals surface area contributed by atoms with E-state index in [1.807, 2.05) is 163 Å². The van der Waals surface area contributed by atoms with Crippen LogP contribution in [0.2, 0.25) is 0 Å². The lowest BCUT2D eigenvalue weighted by Crippen LogP contribution is -2.49. The number of aromatic nitrogens is 5. The van der Waals surface area contributed by atoms with Gasteiger partial charge < -0.3 is 39.4 Å². The zero-order chi connectivity index (χ0) is 56.9. The number of amides is 4. The molecule has 3 aliphatic heterocycles. The monoisotopic (exact) mass is 1090 g/mol. The van der Waals surface area contributed by atoms with Gasteiger partial charge in [0.25, 0.3) is 0 Å². The summed E-state index contributed by atoms with van der Waals surface area (Å²) >= 11 is 0. The third kappa shape index (κ3) is 14.0. The van der Waals surface area contributed by atoms with E-state index < -0.39 is 17.1 Å². The standard InChI is InChI=1S/C38H43N5O4.C24H33N5O4/c1-26-22-30(20-21-43(26)37(44)47-38(2,3)4)39-29-16-17-31-33(23-29)42(5)41-35(31)32-18-19-34(45-24-27-12-8-6-9-13-27)40-36(32)46-25-28-14-10-7-11-15-28;1-14-12-16(10-11-29(14)23(32)33-24(2,3)4)25-15-6-7-17-19(13-15)28(5)27-21(17)18-8-9-20(30)26-22(18)31/h6-19,23,26,30,39H,20-22,24-25H2,1-5H3;6-7,13-14,16,18,25H,8-12H2,1-5H3,(H,26,30,31)/t26-,30-;14-,16-,18?/m11/s1. The van der Waals surface area contributed by atoms with Gasteiger partial charge in [0.05, 0.1) is 28.2 Å². The van der Waals surface area contributed by atoms with Gasteiger partial charge in [-0.2, -0.15) is 15.2 Å². The van der Waals surface area contributed by atoms with E-state index in [1.165, 1.54) is 0 Å². The molecule has 1 unspecified atom stereocenters. The molecule has 18 nitrogen and oxygen atoms in total. The molecule has 6 heterocycles. The number of fused-ring (bicyclic) bond motifs is 2. The van der Waals surface area contributed by atoms with E-state index in [0.717, 1.165) is 81.2 Å². The molecule has 3 aliphatic rings. The van der Waals surface area contributed by atoms with E-state index in [4.69, 9.17) is 29.0 Å². The Hall–Kier alpha value is -8.15. The number of rotatable bonds is 12. The summed E-state index contributed by atoms with van der Waals surface area (Å²) in [4.78, 5) is 57.4. The van der Waals surface area contributed by atoms with Gasteiger partial charge in [-0.05, 0) is 141 Å². The molecular formula is C62H76N10O8. The van der Waals surface area contributed by atoms with E-state index in [9.17, 15) is 19.2 Å². The maximum Gasteiger partial charge on any atom is 0.410 e. The minimum Gasteiger partial charge on any atom is -0.473 e. The highest BCUT2D eigenvalue weighted by atomic mass is 16.6. The highest BCUT2D eigenvalue weighted by Crippen LogP contribution is 2.37. The molecular weight excluding hydrogens is 1010 g/mol. The minimum absolute atomic E-state index is 0.0737. The van der Waals surface area contributed by atoms with Crippen LogP contribution in [-0.2, 0) is 46.4 Å². The molecule has 10 rings (SSSR count). The molecule has 0 saturated carbocycles. The molecule has 18 heteroatoms. The summed E-state index contributed by atoms with van der Waals surface area (Å²) in [7, 11) is 3.81. The van der Waals surface area contributed by atoms with Crippen LogP contribution in [0.15, 0.2) is 109 Å². The molecule has 80 heavy (non-hydrogen) atoms. The van der Waals surface area contributed by atoms with Crippen LogP contribution in [0.25, 0.3) is 33.1 Å². The molecule has 3 saturated heterocycles. The lowest BCUT2D eigenvalue weighted by atomic mass is 9.92. The van der Waals surface area contributed by atoms with Crippen LogP contribution in [0.5, 0.6) is 11.8 Å². The summed E-state index contributed by atoms with van der Waals surface area (Å²) in [5.41, 5.74) is 7.30. The summed E-state index contributed by atoms with van der Waals surface area (Å²) in [6.07, 6.45) is 3.62. The first-order valence-electron chi connectivity index (χ1n) is 27.8. The van der Waals surface area contributed by atoms with Crippen LogP contribution in [0.4, 0.5) is 21.0 Å². The first kappa shape index (κ1) is 56.6. The van der Waals surface area contributed by atoms with Crippen molar-refractivity contribution >= 4 is 57.2 Å². The first-order chi connectivity index (χ1) is 38.1. The van der Waals surface area contributed by atoms with Crippen molar-refractivity contribution < 1.29 is 38.1 Å². The van der Waals surface area contributed by atoms with Crippen LogP contribution in [-0.4, -0.2) is 107 Å². The Balaban J connectivity index is 0.000000206. The molecule has 4 amide bonds. The molecule has 3 N–H and O–H groups in total. The van der Waals surface area contributed by atoms with Gasteiger partial charge in [-0.15, -0.1) is 0 Å². The fourth-order valence-corrected chi connectivity index (χ4v) is 10.6. The number of hydrogen-bond acceptors (Lipinski definition) is 13. The number of pyridine rings is 1. The van der Waals surface area contributed by atoms with Crippen LogP contribution in [0.1, 0.15) is 117 Å². The van der Waals surface area contributed by atoms with Crippen molar-refractivity contribution in [2.45, 2.75) is 148 Å². The zero-order valence-electron chi connectivity index (χ0n) is 47.7. The zero-order valence-corrected chi connectivity index (χ0v) is 47.7. The third-order valence-electron chi connectivity index (χ3n) is 14.6. The summed E-state index contributed by atoms with van der Waals surface area (Å²) in [5, 5.41) is 21.2. The fourth-order valence-electron chi connectivity index (χ4n) is 10.6. The van der Waals surface area contributed by atoms with E-state index in [-0.39, 0.29) is 48.2 Å². The fraction of sp³-hybridized carbons (Fsp3) is 0.435. The second kappa shape index (κ2) is 24.1. The number of hydrogen-bond donors (Lipinski definition) is 3. The van der Waals surface area contributed by atoms with Gasteiger partial charge in [0.2, 0.25) is 23.6 Å². The number of piperidine rings is 3. The van der Waals surface area contributed by atoms with Crippen LogP contribution < -0.4 is 25.4 Å². The maximum atomic E-state index is 12.7. The topological polar surface area (TPSA) is 196 Å². The molecule has 422 valence electrons. The van der Waals surface area contributed by atoms with Gasteiger partial charge in [-0.25, -0.2) is 9.59 Å². The van der Waals surface area contributed by atoms with E-state index in [2.05, 4.69) is 46.2 Å². The number of carbonyl (C=O) groups excluding carboxylic acids is 4. The Morgan fingerprint density at radius 3 is 1.68 bits per heavy atom. The van der Waals surface area contributed by atoms with Crippen molar-refractivity contribution in [1.29, 1.82) is 0 Å². The highest BCUT2D eigenvalue weighted by Gasteiger charge is 2.35. The summed E-state index contributed by atoms with van der Waals surface area (Å²) in [6, 6.07) is 36.9. The molecule has 5 atom stereocenters. The second-order valence-electron chi connectivity index (χ2n) is 23.3. The van der Waals surface area contributed by atoms with Crippen LogP contribution >= 0.6 is 0 Å². The number of imide groups is 1. The largest absolute Gasteiger partial charge is 0.473 e. The Morgan fingerprint density at radius 2 is 1.15 bits per heavy atom. The number of benzene rings is 4. The van der Waals surface area contributed by atoms with E-state index in [0.29, 0.717) is 56.6 Å². The SMILES string of the molecule is C[C@@H]1C[C@H](Nc2ccc3c(-c4ccc(OCc5ccccc5)nc4OCc4ccccc4)nn(C)c3c2)CCN1C(=O)OC(C)(C)C.C[C@@H]1C[C@H](Nc2ccc3c(C4CCC(=O)NC4=O)nn(C)c3c2)CCN1C(=O)OC(C)(C)C. The average molecular weight is 1090 g/mol. The van der Waals surface area contributed by atoms with E-state index >= 15 is 0 Å². The molecule has 3 fully saturated rings. The Kier molecular flexibility index (Phi) is 17.0. The van der Waals surface area contributed by atoms with Crippen molar-refractivity contribution in [3.8, 4) is 23.0 Å². The lowest BCUT2D eigenvalue weighted by Gasteiger charge is -2.38. The molecule has 0 bridgehead atoms. The van der Waals surface area contributed by atoms with Crippen molar-refractivity contribution in [3.05, 3.63) is 126 Å². The normalized spacial score (nSPS) is 19.6. The number of aryl methyl sites for hydroxylation is 2. The Labute approximate surface area is 468 Å². The molecule has 0 aliphatic carbocycles. The average Bonchev–Trinajstić information content (AvgIpc) is 3.94. The van der Waals surface area contributed by atoms with Gasteiger partial charge >= 0.3 is 12.2 Å². The molecule has 3 aromatic heterocycles. The minimum atomic E-state index is -0.508. The molecule has 0 radical (unpaired) electrons. The first-order valence-corrected chi connectivity index (χ1v) is 27.8. The predicted octanol–water partition coefficient (Wildman–Crippen LogP) is 11.3. The number of likely N-dealkylation sites (tertiary alicyclic amines) is 2. The number of nitrogens with one attached hydrogen (secondary N) is 3. The number of anilines is 2.